The summed E-state index contributed by atoms with van der Waals surface area (Å²) >= 11 is 1.39. The third kappa shape index (κ3) is 4.65. The van der Waals surface area contributed by atoms with E-state index >= 15 is 0 Å². The molecule has 2 atom stereocenters. The number of rotatable bonds is 6. The summed E-state index contributed by atoms with van der Waals surface area (Å²) < 4.78 is 10.2. The highest BCUT2D eigenvalue weighted by Gasteiger charge is 2.33. The van der Waals surface area contributed by atoms with E-state index in [1.807, 2.05) is 23.3 Å². The number of pyridine rings is 1. The van der Waals surface area contributed by atoms with Crippen molar-refractivity contribution in [1.29, 1.82) is 0 Å². The first-order chi connectivity index (χ1) is 16.0. The molecule has 1 saturated heterocycles. The molecule has 0 spiro atoms. The quantitative estimate of drug-likeness (QED) is 0.549. The largest absolute Gasteiger partial charge is 0.496 e. The van der Waals surface area contributed by atoms with Crippen molar-refractivity contribution in [2.75, 3.05) is 26.1 Å². The van der Waals surface area contributed by atoms with E-state index in [0.29, 0.717) is 28.8 Å². The Hall–Kier alpha value is -3.53. The zero-order valence-electron chi connectivity index (χ0n) is 18.6. The van der Waals surface area contributed by atoms with Crippen LogP contribution in [0.1, 0.15) is 39.8 Å². The Morgan fingerprint density at radius 2 is 1.91 bits per heavy atom. The van der Waals surface area contributed by atoms with E-state index in [2.05, 4.69) is 20.3 Å². The Morgan fingerprint density at radius 1 is 1.12 bits per heavy atom. The van der Waals surface area contributed by atoms with Crippen molar-refractivity contribution < 1.29 is 19.1 Å². The molecule has 0 aliphatic carbocycles. The molecule has 10 heteroatoms. The maximum absolute atomic E-state index is 13.5. The van der Waals surface area contributed by atoms with Crippen molar-refractivity contribution in [2.45, 2.75) is 31.8 Å². The number of ether oxygens (including phenoxy) is 2. The molecule has 1 aliphatic heterocycles. The summed E-state index contributed by atoms with van der Waals surface area (Å²) in [6.07, 6.45) is 6.53. The molecule has 1 N–H and O–H groups in total. The highest BCUT2D eigenvalue weighted by molar-refractivity contribution is 7.12. The number of amides is 1. The molecular weight excluding hydrogens is 442 g/mol. The van der Waals surface area contributed by atoms with E-state index in [9.17, 15) is 9.59 Å². The van der Waals surface area contributed by atoms with Crippen LogP contribution in [0.15, 0.2) is 42.2 Å². The van der Waals surface area contributed by atoms with Gasteiger partial charge in [0.05, 0.1) is 14.2 Å². The van der Waals surface area contributed by atoms with E-state index in [4.69, 9.17) is 9.47 Å². The zero-order chi connectivity index (χ0) is 23.4. The fourth-order valence-electron chi connectivity index (χ4n) is 3.94. The minimum atomic E-state index is -0.536. The molecule has 1 amide bonds. The number of esters is 1. The molecule has 1 aliphatic rings. The normalized spacial score (nSPS) is 18.0. The molecular formula is C23H25N5O4S. The van der Waals surface area contributed by atoms with Crippen LogP contribution in [-0.2, 0) is 4.74 Å². The standard InChI is InChI=1S/C23H25N5O4S/c1-14-5-6-15(27-21-18(23(30)32-3)17(31-2)7-11-26-21)13-28(14)22(29)19-16(8-12-33-19)20-24-9-4-10-25-20/h4,7-12,14-15H,5-6,13H2,1-3H3,(H,26,27). The second-order valence-electron chi connectivity index (χ2n) is 7.69. The van der Waals surface area contributed by atoms with Crippen LogP contribution in [0.25, 0.3) is 11.4 Å². The molecule has 33 heavy (non-hydrogen) atoms. The summed E-state index contributed by atoms with van der Waals surface area (Å²) in [4.78, 5) is 41.3. The number of carbonyl (C=O) groups excluding carboxylic acids is 2. The molecule has 2 unspecified atom stereocenters. The number of nitrogens with zero attached hydrogens (tertiary/aromatic N) is 4. The van der Waals surface area contributed by atoms with Gasteiger partial charge >= 0.3 is 5.97 Å². The number of methoxy groups -OCH3 is 2. The van der Waals surface area contributed by atoms with Crippen LogP contribution in [0.3, 0.4) is 0 Å². The third-order valence-corrected chi connectivity index (χ3v) is 6.57. The minimum Gasteiger partial charge on any atom is -0.496 e. The van der Waals surface area contributed by atoms with Gasteiger partial charge in [0.2, 0.25) is 0 Å². The lowest BCUT2D eigenvalue weighted by molar-refractivity contribution is 0.0592. The number of carbonyl (C=O) groups is 2. The third-order valence-electron chi connectivity index (χ3n) is 5.67. The Balaban J connectivity index is 1.57. The fraction of sp³-hybridized carbons (Fsp3) is 0.348. The molecule has 172 valence electrons. The number of likely N-dealkylation sites (tertiary alicyclic amines) is 1. The summed E-state index contributed by atoms with van der Waals surface area (Å²) in [5.41, 5.74) is 0.969. The molecule has 0 radical (unpaired) electrons. The first-order valence-corrected chi connectivity index (χ1v) is 11.4. The van der Waals surface area contributed by atoms with Gasteiger partial charge in [-0.25, -0.2) is 19.7 Å². The van der Waals surface area contributed by atoms with E-state index in [1.54, 1.807) is 30.7 Å². The monoisotopic (exact) mass is 467 g/mol. The number of anilines is 1. The Morgan fingerprint density at radius 3 is 2.64 bits per heavy atom. The number of piperidine rings is 1. The van der Waals surface area contributed by atoms with Crippen LogP contribution < -0.4 is 10.1 Å². The van der Waals surface area contributed by atoms with E-state index in [1.165, 1.54) is 25.6 Å². The molecule has 0 saturated carbocycles. The van der Waals surface area contributed by atoms with Gasteiger partial charge in [0.15, 0.2) is 5.82 Å². The van der Waals surface area contributed by atoms with Gasteiger partial charge in [0.1, 0.15) is 22.0 Å². The van der Waals surface area contributed by atoms with Crippen molar-refractivity contribution in [2.24, 2.45) is 0 Å². The topological polar surface area (TPSA) is 107 Å². The Labute approximate surface area is 195 Å². The molecule has 0 aromatic carbocycles. The van der Waals surface area contributed by atoms with Crippen molar-refractivity contribution in [1.82, 2.24) is 19.9 Å². The SMILES string of the molecule is COC(=O)c1c(OC)ccnc1NC1CCC(C)N(C(=O)c2sccc2-c2ncccn2)C1. The average molecular weight is 468 g/mol. The lowest BCUT2D eigenvalue weighted by Gasteiger charge is -2.38. The molecule has 0 bridgehead atoms. The number of nitrogens with one attached hydrogen (secondary N) is 1. The van der Waals surface area contributed by atoms with Crippen molar-refractivity contribution >= 4 is 29.0 Å². The number of hydrogen-bond donors (Lipinski definition) is 1. The van der Waals surface area contributed by atoms with Gasteiger partial charge in [-0.1, -0.05) is 0 Å². The highest BCUT2D eigenvalue weighted by Crippen LogP contribution is 2.31. The van der Waals surface area contributed by atoms with Crippen LogP contribution in [0, 0.1) is 0 Å². The van der Waals surface area contributed by atoms with Gasteiger partial charge in [0, 0.05) is 42.8 Å². The maximum Gasteiger partial charge on any atom is 0.345 e. The number of thiophene rings is 1. The van der Waals surface area contributed by atoms with Crippen LogP contribution in [0.4, 0.5) is 5.82 Å². The lowest BCUT2D eigenvalue weighted by Crippen LogP contribution is -2.49. The van der Waals surface area contributed by atoms with Gasteiger partial charge in [-0.15, -0.1) is 11.3 Å². The van der Waals surface area contributed by atoms with E-state index in [-0.39, 0.29) is 23.6 Å². The van der Waals surface area contributed by atoms with Crippen LogP contribution in [0.5, 0.6) is 5.75 Å². The second kappa shape index (κ2) is 9.95. The Bertz CT molecular complexity index is 1140. The highest BCUT2D eigenvalue weighted by atomic mass is 32.1. The van der Waals surface area contributed by atoms with Gasteiger partial charge in [-0.2, -0.15) is 0 Å². The number of aromatic nitrogens is 3. The van der Waals surface area contributed by atoms with Crippen LogP contribution >= 0.6 is 11.3 Å². The summed E-state index contributed by atoms with van der Waals surface area (Å²) in [7, 11) is 2.81. The maximum atomic E-state index is 13.5. The average Bonchev–Trinajstić information content (AvgIpc) is 3.34. The van der Waals surface area contributed by atoms with Gasteiger partial charge in [0.25, 0.3) is 5.91 Å². The molecule has 3 aromatic rings. The first-order valence-electron chi connectivity index (χ1n) is 10.6. The van der Waals surface area contributed by atoms with Gasteiger partial charge in [-0.05, 0) is 43.3 Å². The second-order valence-corrected chi connectivity index (χ2v) is 8.61. The number of hydrogen-bond acceptors (Lipinski definition) is 9. The van der Waals surface area contributed by atoms with Crippen molar-refractivity contribution in [3.8, 4) is 17.1 Å². The van der Waals surface area contributed by atoms with Crippen molar-refractivity contribution in [3.63, 3.8) is 0 Å². The minimum absolute atomic E-state index is 0.0572. The van der Waals surface area contributed by atoms with Crippen LogP contribution in [0.2, 0.25) is 0 Å². The molecule has 9 nitrogen and oxygen atoms in total. The van der Waals surface area contributed by atoms with Gasteiger partial charge in [-0.3, -0.25) is 4.79 Å². The predicted octanol–water partition coefficient (Wildman–Crippen LogP) is 3.50. The molecule has 4 rings (SSSR count). The Kier molecular flexibility index (Phi) is 6.83. The summed E-state index contributed by atoms with van der Waals surface area (Å²) in [6.45, 7) is 2.51. The zero-order valence-corrected chi connectivity index (χ0v) is 19.5. The van der Waals surface area contributed by atoms with Crippen molar-refractivity contribution in [3.05, 3.63) is 52.6 Å². The lowest BCUT2D eigenvalue weighted by atomic mass is 9.98. The summed E-state index contributed by atoms with van der Waals surface area (Å²) in [6, 6.07) is 5.21. The van der Waals surface area contributed by atoms with E-state index in [0.717, 1.165) is 18.4 Å². The van der Waals surface area contributed by atoms with E-state index < -0.39 is 5.97 Å². The molecule has 4 heterocycles. The molecule has 3 aromatic heterocycles. The first kappa shape index (κ1) is 22.7. The molecule has 1 fully saturated rings. The van der Waals surface area contributed by atoms with Crippen LogP contribution in [-0.4, -0.2) is 64.6 Å². The van der Waals surface area contributed by atoms with Gasteiger partial charge < -0.3 is 19.7 Å². The fourth-order valence-corrected chi connectivity index (χ4v) is 4.79. The summed E-state index contributed by atoms with van der Waals surface area (Å²) in [5.74, 6) is 0.693. The smallest absolute Gasteiger partial charge is 0.345 e. The predicted molar refractivity (Wildman–Crippen MR) is 125 cm³/mol. The summed E-state index contributed by atoms with van der Waals surface area (Å²) in [5, 5.41) is 5.21.